The predicted octanol–water partition coefficient (Wildman–Crippen LogP) is 0.828. The molecule has 1 saturated carbocycles. The molecule has 2 fully saturated rings. The van der Waals surface area contributed by atoms with Gasteiger partial charge in [-0.25, -0.2) is 0 Å². The summed E-state index contributed by atoms with van der Waals surface area (Å²) < 4.78 is 10.9. The lowest BCUT2D eigenvalue weighted by Gasteiger charge is -2.32. The van der Waals surface area contributed by atoms with Crippen LogP contribution in [0.3, 0.4) is 0 Å². The molecule has 3 N–H and O–H groups in total. The fourth-order valence-electron chi connectivity index (χ4n) is 3.03. The Kier molecular flexibility index (Phi) is 6.71. The number of rotatable bonds is 8. The highest BCUT2D eigenvalue weighted by molar-refractivity contribution is 4.84. The van der Waals surface area contributed by atoms with Crippen LogP contribution in [-0.4, -0.2) is 60.9 Å². The summed E-state index contributed by atoms with van der Waals surface area (Å²) in [6.45, 7) is 2.76. The molecule has 0 radical (unpaired) electrons. The van der Waals surface area contributed by atoms with Gasteiger partial charge in [0.15, 0.2) is 0 Å². The van der Waals surface area contributed by atoms with Gasteiger partial charge in [-0.2, -0.15) is 0 Å². The van der Waals surface area contributed by atoms with E-state index in [9.17, 15) is 10.2 Å². The third-order valence-corrected chi connectivity index (χ3v) is 4.26. The summed E-state index contributed by atoms with van der Waals surface area (Å²) in [6, 6.07) is 0. The molecular formula is C15H29NO4. The van der Waals surface area contributed by atoms with Crippen LogP contribution in [0.15, 0.2) is 0 Å². The molecule has 0 aromatic rings. The fraction of sp³-hybridized carbons (Fsp3) is 1.00. The van der Waals surface area contributed by atoms with Crippen LogP contribution >= 0.6 is 0 Å². The highest BCUT2D eigenvalue weighted by Crippen LogP contribution is 2.27. The van der Waals surface area contributed by atoms with Crippen molar-refractivity contribution < 1.29 is 19.7 Å². The average molecular weight is 287 g/mol. The first kappa shape index (κ1) is 16.2. The summed E-state index contributed by atoms with van der Waals surface area (Å²) in [7, 11) is 0. The van der Waals surface area contributed by atoms with E-state index >= 15 is 0 Å². The maximum Gasteiger partial charge on any atom is 0.0897 e. The Bertz CT molecular complexity index is 263. The van der Waals surface area contributed by atoms with E-state index in [0.717, 1.165) is 45.1 Å². The molecule has 1 aliphatic carbocycles. The lowest BCUT2D eigenvalue weighted by Crippen LogP contribution is -2.44. The summed E-state index contributed by atoms with van der Waals surface area (Å²) in [5.41, 5.74) is -0.573. The summed E-state index contributed by atoms with van der Waals surface area (Å²) in [6.07, 6.45) is 7.01. The van der Waals surface area contributed by atoms with Crippen molar-refractivity contribution in [3.8, 4) is 0 Å². The van der Waals surface area contributed by atoms with E-state index in [0.29, 0.717) is 26.3 Å². The van der Waals surface area contributed by atoms with Crippen molar-refractivity contribution in [2.75, 3.05) is 32.9 Å². The molecule has 5 nitrogen and oxygen atoms in total. The highest BCUT2D eigenvalue weighted by atomic mass is 16.5. The molecule has 0 bridgehead atoms. The smallest absolute Gasteiger partial charge is 0.0897 e. The van der Waals surface area contributed by atoms with Crippen LogP contribution in [0, 0.1) is 0 Å². The quantitative estimate of drug-likeness (QED) is 0.617. The van der Waals surface area contributed by atoms with E-state index in [1.165, 1.54) is 6.42 Å². The minimum absolute atomic E-state index is 0.207. The minimum atomic E-state index is -0.573. The van der Waals surface area contributed by atoms with E-state index in [4.69, 9.17) is 9.47 Å². The molecule has 2 unspecified atom stereocenters. The number of nitrogens with one attached hydrogen (secondary N) is 1. The van der Waals surface area contributed by atoms with Gasteiger partial charge in [0.05, 0.1) is 31.0 Å². The van der Waals surface area contributed by atoms with Crippen molar-refractivity contribution in [1.29, 1.82) is 0 Å². The Hall–Kier alpha value is -0.200. The van der Waals surface area contributed by atoms with Crippen molar-refractivity contribution >= 4 is 0 Å². The van der Waals surface area contributed by atoms with Crippen molar-refractivity contribution in [3.63, 3.8) is 0 Å². The van der Waals surface area contributed by atoms with Gasteiger partial charge in [0.1, 0.15) is 0 Å². The molecule has 2 atom stereocenters. The Labute approximate surface area is 121 Å². The van der Waals surface area contributed by atoms with Gasteiger partial charge in [0, 0.05) is 19.7 Å². The number of hydrogen-bond donors (Lipinski definition) is 3. The topological polar surface area (TPSA) is 71.0 Å². The lowest BCUT2D eigenvalue weighted by molar-refractivity contribution is -0.0218. The standard InChI is InChI=1S/C15H29NO4/c17-13(10-19-11-14-5-4-8-20-14)9-16-12-15(18)6-2-1-3-7-15/h13-14,16-18H,1-12H2. The van der Waals surface area contributed by atoms with Gasteiger partial charge in [0.2, 0.25) is 0 Å². The molecule has 2 aliphatic rings. The minimum Gasteiger partial charge on any atom is -0.389 e. The molecule has 1 heterocycles. The zero-order valence-corrected chi connectivity index (χ0v) is 12.4. The second-order valence-corrected chi connectivity index (χ2v) is 6.24. The van der Waals surface area contributed by atoms with Crippen LogP contribution in [0.2, 0.25) is 0 Å². The predicted molar refractivity (Wildman–Crippen MR) is 76.7 cm³/mol. The molecule has 1 saturated heterocycles. The Morgan fingerprint density at radius 2 is 2.05 bits per heavy atom. The highest BCUT2D eigenvalue weighted by Gasteiger charge is 2.28. The van der Waals surface area contributed by atoms with Crippen LogP contribution in [0.5, 0.6) is 0 Å². The largest absolute Gasteiger partial charge is 0.389 e. The van der Waals surface area contributed by atoms with Gasteiger partial charge < -0.3 is 25.0 Å². The van der Waals surface area contributed by atoms with Crippen LogP contribution in [0.4, 0.5) is 0 Å². The van der Waals surface area contributed by atoms with Gasteiger partial charge in [-0.1, -0.05) is 19.3 Å². The number of hydrogen-bond acceptors (Lipinski definition) is 5. The first-order chi connectivity index (χ1) is 9.68. The average Bonchev–Trinajstić information content (AvgIpc) is 2.92. The second-order valence-electron chi connectivity index (χ2n) is 6.24. The first-order valence-electron chi connectivity index (χ1n) is 7.98. The number of aliphatic hydroxyl groups is 2. The van der Waals surface area contributed by atoms with E-state index in [2.05, 4.69) is 5.32 Å². The maximum atomic E-state index is 10.3. The first-order valence-corrected chi connectivity index (χ1v) is 7.98. The normalized spacial score (nSPS) is 27.6. The zero-order chi connectivity index (χ0) is 14.3. The summed E-state index contributed by atoms with van der Waals surface area (Å²) >= 11 is 0. The van der Waals surface area contributed by atoms with Gasteiger partial charge >= 0.3 is 0 Å². The summed E-state index contributed by atoms with van der Waals surface area (Å²) in [5.74, 6) is 0. The molecular weight excluding hydrogens is 258 g/mol. The van der Waals surface area contributed by atoms with E-state index in [-0.39, 0.29) is 6.10 Å². The van der Waals surface area contributed by atoms with E-state index in [1.54, 1.807) is 0 Å². The zero-order valence-electron chi connectivity index (χ0n) is 12.4. The Morgan fingerprint density at radius 1 is 1.25 bits per heavy atom. The Balaban J connectivity index is 1.49. The van der Waals surface area contributed by atoms with Gasteiger partial charge in [-0.05, 0) is 25.7 Å². The molecule has 118 valence electrons. The van der Waals surface area contributed by atoms with E-state index < -0.39 is 11.7 Å². The molecule has 5 heteroatoms. The van der Waals surface area contributed by atoms with Gasteiger partial charge in [0.25, 0.3) is 0 Å². The van der Waals surface area contributed by atoms with Crippen molar-refractivity contribution in [1.82, 2.24) is 5.32 Å². The summed E-state index contributed by atoms with van der Waals surface area (Å²) in [5, 5.41) is 23.3. The molecule has 0 spiro atoms. The summed E-state index contributed by atoms with van der Waals surface area (Å²) in [4.78, 5) is 0. The molecule has 1 aliphatic heterocycles. The third kappa shape index (κ3) is 5.66. The molecule has 0 aromatic heterocycles. The third-order valence-electron chi connectivity index (χ3n) is 4.26. The maximum absolute atomic E-state index is 10.3. The lowest BCUT2D eigenvalue weighted by atomic mass is 9.85. The van der Waals surface area contributed by atoms with Crippen LogP contribution < -0.4 is 5.32 Å². The van der Waals surface area contributed by atoms with Crippen molar-refractivity contribution in [3.05, 3.63) is 0 Å². The monoisotopic (exact) mass is 287 g/mol. The Morgan fingerprint density at radius 3 is 2.75 bits per heavy atom. The van der Waals surface area contributed by atoms with Gasteiger partial charge in [-0.15, -0.1) is 0 Å². The fourth-order valence-corrected chi connectivity index (χ4v) is 3.03. The van der Waals surface area contributed by atoms with Crippen molar-refractivity contribution in [2.24, 2.45) is 0 Å². The number of ether oxygens (including phenoxy) is 2. The molecule has 20 heavy (non-hydrogen) atoms. The van der Waals surface area contributed by atoms with Crippen LogP contribution in [0.1, 0.15) is 44.9 Å². The van der Waals surface area contributed by atoms with Crippen LogP contribution in [-0.2, 0) is 9.47 Å². The van der Waals surface area contributed by atoms with E-state index in [1.807, 2.05) is 0 Å². The SMILES string of the molecule is OC(CNCC1(O)CCCCC1)COCC1CCCO1. The molecule has 0 amide bonds. The number of aliphatic hydroxyl groups excluding tert-OH is 1. The van der Waals surface area contributed by atoms with Crippen LogP contribution in [0.25, 0.3) is 0 Å². The van der Waals surface area contributed by atoms with Gasteiger partial charge in [-0.3, -0.25) is 0 Å². The molecule has 2 rings (SSSR count). The van der Waals surface area contributed by atoms with Crippen molar-refractivity contribution in [2.45, 2.75) is 62.8 Å². The molecule has 0 aromatic carbocycles. The second kappa shape index (κ2) is 8.29.